The van der Waals surface area contributed by atoms with Crippen molar-refractivity contribution in [1.29, 1.82) is 0 Å². The van der Waals surface area contributed by atoms with Crippen molar-refractivity contribution in [3.63, 3.8) is 0 Å². The number of nitrogens with one attached hydrogen (secondary N) is 2. The SMILES string of the molecule is Cl.NC(=O)c1ccccc1NC(=O)CC1CCNC1. The Bertz CT molecular complexity index is 459. The monoisotopic (exact) mass is 283 g/mol. The van der Waals surface area contributed by atoms with Crippen LogP contribution in [0.5, 0.6) is 0 Å². The molecule has 1 aliphatic heterocycles. The average Bonchev–Trinajstić information content (AvgIpc) is 2.82. The Morgan fingerprint density at radius 2 is 2.11 bits per heavy atom. The van der Waals surface area contributed by atoms with Crippen molar-refractivity contribution >= 4 is 29.9 Å². The zero-order chi connectivity index (χ0) is 13.0. The summed E-state index contributed by atoms with van der Waals surface area (Å²) in [6.07, 6.45) is 1.49. The second kappa shape index (κ2) is 7.11. The summed E-state index contributed by atoms with van der Waals surface area (Å²) in [5, 5.41) is 5.97. The van der Waals surface area contributed by atoms with Gasteiger partial charge in [0.1, 0.15) is 0 Å². The van der Waals surface area contributed by atoms with Crippen LogP contribution in [0.1, 0.15) is 23.2 Å². The van der Waals surface area contributed by atoms with Crippen LogP contribution < -0.4 is 16.4 Å². The van der Waals surface area contributed by atoms with E-state index in [-0.39, 0.29) is 18.3 Å². The first-order chi connectivity index (χ1) is 8.66. The zero-order valence-corrected chi connectivity index (χ0v) is 11.3. The van der Waals surface area contributed by atoms with E-state index in [0.29, 0.717) is 23.6 Å². The molecule has 19 heavy (non-hydrogen) atoms. The molecule has 1 aromatic rings. The zero-order valence-electron chi connectivity index (χ0n) is 10.5. The van der Waals surface area contributed by atoms with Crippen molar-refractivity contribution < 1.29 is 9.59 Å². The molecule has 1 aromatic carbocycles. The smallest absolute Gasteiger partial charge is 0.250 e. The maximum atomic E-state index is 11.9. The van der Waals surface area contributed by atoms with Gasteiger partial charge in [0, 0.05) is 6.42 Å². The Morgan fingerprint density at radius 1 is 1.37 bits per heavy atom. The molecule has 104 valence electrons. The lowest BCUT2D eigenvalue weighted by Crippen LogP contribution is -2.21. The summed E-state index contributed by atoms with van der Waals surface area (Å²) in [6.45, 7) is 1.85. The minimum atomic E-state index is -0.534. The Balaban J connectivity index is 0.00000180. The quantitative estimate of drug-likeness (QED) is 0.775. The van der Waals surface area contributed by atoms with Gasteiger partial charge in [0.25, 0.3) is 5.91 Å². The van der Waals surface area contributed by atoms with E-state index in [1.54, 1.807) is 24.3 Å². The molecule has 0 spiro atoms. The standard InChI is InChI=1S/C13H17N3O2.ClH/c14-13(18)10-3-1-2-4-11(10)16-12(17)7-9-5-6-15-8-9;/h1-4,9,15H,5-8H2,(H2,14,18)(H,16,17);1H. The fourth-order valence-electron chi connectivity index (χ4n) is 2.16. The third-order valence-corrected chi connectivity index (χ3v) is 3.10. The number of carbonyl (C=O) groups is 2. The van der Waals surface area contributed by atoms with Crippen LogP contribution in [0, 0.1) is 5.92 Å². The van der Waals surface area contributed by atoms with Crippen molar-refractivity contribution in [2.45, 2.75) is 12.8 Å². The number of amides is 2. The molecule has 1 unspecified atom stereocenters. The highest BCUT2D eigenvalue weighted by atomic mass is 35.5. The van der Waals surface area contributed by atoms with E-state index in [9.17, 15) is 9.59 Å². The van der Waals surface area contributed by atoms with Gasteiger partial charge in [-0.1, -0.05) is 12.1 Å². The number of rotatable bonds is 4. The van der Waals surface area contributed by atoms with Gasteiger partial charge in [-0.25, -0.2) is 0 Å². The van der Waals surface area contributed by atoms with E-state index in [4.69, 9.17) is 5.73 Å². The molecule has 6 heteroatoms. The summed E-state index contributed by atoms with van der Waals surface area (Å²) >= 11 is 0. The lowest BCUT2D eigenvalue weighted by molar-refractivity contribution is -0.116. The van der Waals surface area contributed by atoms with Crippen LogP contribution >= 0.6 is 12.4 Å². The van der Waals surface area contributed by atoms with Gasteiger partial charge in [-0.15, -0.1) is 12.4 Å². The molecule has 2 rings (SSSR count). The van der Waals surface area contributed by atoms with Gasteiger partial charge in [-0.2, -0.15) is 0 Å². The van der Waals surface area contributed by atoms with E-state index in [1.807, 2.05) is 0 Å². The van der Waals surface area contributed by atoms with Gasteiger partial charge >= 0.3 is 0 Å². The molecule has 0 saturated carbocycles. The number of para-hydroxylation sites is 1. The Hall–Kier alpha value is -1.59. The molecule has 5 nitrogen and oxygen atoms in total. The molecular formula is C13H18ClN3O2. The molecule has 4 N–H and O–H groups in total. The minimum absolute atomic E-state index is 0. The number of benzene rings is 1. The Labute approximate surface area is 118 Å². The first kappa shape index (κ1) is 15.5. The summed E-state index contributed by atoms with van der Waals surface area (Å²) < 4.78 is 0. The lowest BCUT2D eigenvalue weighted by atomic mass is 10.0. The molecule has 0 bridgehead atoms. The van der Waals surface area contributed by atoms with E-state index >= 15 is 0 Å². The average molecular weight is 284 g/mol. The van der Waals surface area contributed by atoms with Crippen molar-refractivity contribution in [2.24, 2.45) is 11.7 Å². The Morgan fingerprint density at radius 3 is 2.74 bits per heavy atom. The maximum Gasteiger partial charge on any atom is 0.250 e. The topological polar surface area (TPSA) is 84.2 Å². The van der Waals surface area contributed by atoms with Crippen LogP contribution in [0.25, 0.3) is 0 Å². The predicted molar refractivity (Wildman–Crippen MR) is 76.4 cm³/mol. The largest absolute Gasteiger partial charge is 0.366 e. The summed E-state index contributed by atoms with van der Waals surface area (Å²) in [5.74, 6) is -0.225. The number of primary amides is 1. The van der Waals surface area contributed by atoms with E-state index < -0.39 is 5.91 Å². The van der Waals surface area contributed by atoms with Crippen molar-refractivity contribution in [3.8, 4) is 0 Å². The highest BCUT2D eigenvalue weighted by Crippen LogP contribution is 2.17. The number of hydrogen-bond acceptors (Lipinski definition) is 3. The number of carbonyl (C=O) groups excluding carboxylic acids is 2. The van der Waals surface area contributed by atoms with Crippen molar-refractivity contribution in [2.75, 3.05) is 18.4 Å². The molecule has 1 atom stereocenters. The van der Waals surface area contributed by atoms with Gasteiger partial charge in [0.15, 0.2) is 0 Å². The first-order valence-corrected chi connectivity index (χ1v) is 6.06. The van der Waals surface area contributed by atoms with E-state index in [0.717, 1.165) is 19.5 Å². The Kier molecular flexibility index (Phi) is 5.79. The van der Waals surface area contributed by atoms with Crippen LogP contribution in [0.2, 0.25) is 0 Å². The lowest BCUT2D eigenvalue weighted by Gasteiger charge is -2.11. The minimum Gasteiger partial charge on any atom is -0.366 e. The molecule has 1 aliphatic rings. The second-order valence-corrected chi connectivity index (χ2v) is 4.52. The molecule has 0 radical (unpaired) electrons. The predicted octanol–water partition coefficient (Wildman–Crippen LogP) is 1.15. The summed E-state index contributed by atoms with van der Waals surface area (Å²) in [6, 6.07) is 6.77. The molecular weight excluding hydrogens is 266 g/mol. The van der Waals surface area contributed by atoms with E-state index in [2.05, 4.69) is 10.6 Å². The van der Waals surface area contributed by atoms with Crippen LogP contribution in [-0.2, 0) is 4.79 Å². The van der Waals surface area contributed by atoms with Gasteiger partial charge in [0.2, 0.25) is 5.91 Å². The maximum absolute atomic E-state index is 11.9. The second-order valence-electron chi connectivity index (χ2n) is 4.52. The fourth-order valence-corrected chi connectivity index (χ4v) is 2.16. The molecule has 1 heterocycles. The molecule has 1 saturated heterocycles. The number of anilines is 1. The summed E-state index contributed by atoms with van der Waals surface area (Å²) in [4.78, 5) is 23.1. The van der Waals surface area contributed by atoms with Crippen LogP contribution in [0.15, 0.2) is 24.3 Å². The number of halogens is 1. The fraction of sp³-hybridized carbons (Fsp3) is 0.385. The first-order valence-electron chi connectivity index (χ1n) is 6.06. The van der Waals surface area contributed by atoms with Crippen molar-refractivity contribution in [3.05, 3.63) is 29.8 Å². The number of nitrogens with two attached hydrogens (primary N) is 1. The van der Waals surface area contributed by atoms with Crippen LogP contribution in [0.3, 0.4) is 0 Å². The third kappa shape index (κ3) is 4.22. The van der Waals surface area contributed by atoms with Gasteiger partial charge in [0.05, 0.1) is 11.3 Å². The molecule has 2 amide bonds. The highest BCUT2D eigenvalue weighted by molar-refractivity contribution is 6.02. The molecule has 0 aromatic heterocycles. The molecule has 0 aliphatic carbocycles. The van der Waals surface area contributed by atoms with E-state index in [1.165, 1.54) is 0 Å². The van der Waals surface area contributed by atoms with Gasteiger partial charge < -0.3 is 16.4 Å². The summed E-state index contributed by atoms with van der Waals surface area (Å²) in [7, 11) is 0. The van der Waals surface area contributed by atoms with Gasteiger partial charge in [-0.05, 0) is 37.6 Å². The van der Waals surface area contributed by atoms with Crippen LogP contribution in [0.4, 0.5) is 5.69 Å². The van der Waals surface area contributed by atoms with Crippen LogP contribution in [-0.4, -0.2) is 24.9 Å². The normalized spacial score (nSPS) is 17.6. The van der Waals surface area contributed by atoms with Crippen molar-refractivity contribution in [1.82, 2.24) is 5.32 Å². The number of hydrogen-bond donors (Lipinski definition) is 3. The third-order valence-electron chi connectivity index (χ3n) is 3.10. The summed E-state index contributed by atoms with van der Waals surface area (Å²) in [5.41, 5.74) is 6.08. The molecule has 1 fully saturated rings. The van der Waals surface area contributed by atoms with Gasteiger partial charge in [-0.3, -0.25) is 9.59 Å². The highest BCUT2D eigenvalue weighted by Gasteiger charge is 2.19.